The van der Waals surface area contributed by atoms with Crippen LogP contribution in [0.15, 0.2) is 34.9 Å². The molecule has 1 heterocycles. The van der Waals surface area contributed by atoms with Crippen LogP contribution in [0, 0.1) is 6.92 Å². The number of aromatic nitrogens is 1. The molecule has 5 heteroatoms. The van der Waals surface area contributed by atoms with Gasteiger partial charge in [0.15, 0.2) is 0 Å². The smallest absolute Gasteiger partial charge is 0.339 e. The molecule has 0 unspecified atom stereocenters. The fourth-order valence-corrected chi connectivity index (χ4v) is 2.06. The van der Waals surface area contributed by atoms with Crippen molar-refractivity contribution >= 4 is 5.97 Å². The summed E-state index contributed by atoms with van der Waals surface area (Å²) in [7, 11) is 0. The average molecular weight is 289 g/mol. The molecular weight excluding hydrogens is 270 g/mol. The Kier molecular flexibility index (Phi) is 5.37. The molecule has 0 spiro atoms. The van der Waals surface area contributed by atoms with E-state index < -0.39 is 5.97 Å². The topological polar surface area (TPSA) is 72.6 Å². The van der Waals surface area contributed by atoms with Crippen LogP contribution >= 0.6 is 0 Å². The van der Waals surface area contributed by atoms with Crippen LogP contribution in [0.1, 0.15) is 41.1 Å². The highest BCUT2D eigenvalue weighted by atomic mass is 16.5. The van der Waals surface area contributed by atoms with Gasteiger partial charge in [0, 0.05) is 12.5 Å². The summed E-state index contributed by atoms with van der Waals surface area (Å²) in [5.41, 5.74) is 1.10. The molecule has 0 aliphatic heterocycles. The van der Waals surface area contributed by atoms with Crippen LogP contribution in [0.25, 0.3) is 0 Å². The van der Waals surface area contributed by atoms with Crippen LogP contribution in [0.3, 0.4) is 0 Å². The summed E-state index contributed by atoms with van der Waals surface area (Å²) in [6, 6.07) is 8.63. The molecule has 5 nitrogen and oxygen atoms in total. The lowest BCUT2D eigenvalue weighted by Gasteiger charge is -2.08. The average Bonchev–Trinajstić information content (AvgIpc) is 2.88. The highest BCUT2D eigenvalue weighted by Gasteiger charge is 2.09. The van der Waals surface area contributed by atoms with Crippen LogP contribution in [-0.4, -0.2) is 22.8 Å². The molecule has 21 heavy (non-hydrogen) atoms. The first-order chi connectivity index (χ1) is 10.2. The summed E-state index contributed by atoms with van der Waals surface area (Å²) in [5.74, 6) is 0.367. The van der Waals surface area contributed by atoms with Gasteiger partial charge in [-0.05, 0) is 38.3 Å². The van der Waals surface area contributed by atoms with E-state index in [0.717, 1.165) is 37.1 Å². The zero-order valence-electron chi connectivity index (χ0n) is 12.0. The maximum absolute atomic E-state index is 11.0. The van der Waals surface area contributed by atoms with Crippen molar-refractivity contribution in [2.24, 2.45) is 0 Å². The number of hydrogen-bond donors (Lipinski definition) is 1. The van der Waals surface area contributed by atoms with Crippen molar-refractivity contribution < 1.29 is 19.2 Å². The van der Waals surface area contributed by atoms with Gasteiger partial charge in [0.2, 0.25) is 0 Å². The Morgan fingerprint density at radius 2 is 2.10 bits per heavy atom. The molecule has 2 aromatic rings. The largest absolute Gasteiger partial charge is 0.493 e. The second-order valence-electron chi connectivity index (χ2n) is 4.90. The molecule has 112 valence electrons. The predicted molar refractivity (Wildman–Crippen MR) is 77.7 cm³/mol. The lowest BCUT2D eigenvalue weighted by Crippen LogP contribution is -2.04. The normalized spacial score (nSPS) is 10.5. The number of para-hydroxylation sites is 1. The van der Waals surface area contributed by atoms with Crippen LogP contribution in [0.2, 0.25) is 0 Å². The second kappa shape index (κ2) is 7.47. The standard InChI is InChI=1S/C16H19NO4/c1-12-11-13(21-17-12)7-3-2-6-10-20-15-9-5-4-8-14(15)16(18)19/h4-5,8-9,11H,2-3,6-7,10H2,1H3,(H,18,19). The van der Waals surface area contributed by atoms with E-state index in [1.165, 1.54) is 0 Å². The minimum absolute atomic E-state index is 0.203. The fourth-order valence-electron chi connectivity index (χ4n) is 2.06. The maximum atomic E-state index is 11.0. The number of aromatic carboxylic acids is 1. The number of carboxylic acids is 1. The molecular formula is C16H19NO4. The third-order valence-electron chi connectivity index (χ3n) is 3.12. The summed E-state index contributed by atoms with van der Waals surface area (Å²) >= 11 is 0. The van der Waals surface area contributed by atoms with Crippen LogP contribution < -0.4 is 4.74 Å². The van der Waals surface area contributed by atoms with Crippen LogP contribution in [0.4, 0.5) is 0 Å². The Morgan fingerprint density at radius 1 is 1.29 bits per heavy atom. The number of carbonyl (C=O) groups is 1. The van der Waals surface area contributed by atoms with E-state index in [4.69, 9.17) is 14.4 Å². The van der Waals surface area contributed by atoms with Gasteiger partial charge in [-0.2, -0.15) is 0 Å². The van der Waals surface area contributed by atoms with Crippen molar-refractivity contribution in [1.29, 1.82) is 0 Å². The first kappa shape index (κ1) is 15.1. The van der Waals surface area contributed by atoms with E-state index in [-0.39, 0.29) is 5.56 Å². The number of rotatable bonds is 8. The molecule has 0 bridgehead atoms. The molecule has 1 N–H and O–H groups in total. The molecule has 1 aromatic carbocycles. The predicted octanol–water partition coefficient (Wildman–Crippen LogP) is 3.47. The van der Waals surface area contributed by atoms with Crippen LogP contribution in [0.5, 0.6) is 5.75 Å². The number of aryl methyl sites for hydroxylation is 2. The Bertz CT molecular complexity index is 591. The van der Waals surface area contributed by atoms with E-state index in [0.29, 0.717) is 12.4 Å². The fraction of sp³-hybridized carbons (Fsp3) is 0.375. The quantitative estimate of drug-likeness (QED) is 0.753. The summed E-state index contributed by atoms with van der Waals surface area (Å²) in [6.07, 6.45) is 3.74. The molecule has 0 fully saturated rings. The summed E-state index contributed by atoms with van der Waals surface area (Å²) < 4.78 is 10.7. The SMILES string of the molecule is Cc1cc(CCCCCOc2ccccc2C(=O)O)on1. The molecule has 0 saturated carbocycles. The van der Waals surface area contributed by atoms with Crippen molar-refractivity contribution in [3.8, 4) is 5.75 Å². The third kappa shape index (κ3) is 4.63. The minimum Gasteiger partial charge on any atom is -0.493 e. The van der Waals surface area contributed by atoms with E-state index in [2.05, 4.69) is 5.16 Å². The van der Waals surface area contributed by atoms with Crippen molar-refractivity contribution in [3.63, 3.8) is 0 Å². The summed E-state index contributed by atoms with van der Waals surface area (Å²) in [5, 5.41) is 12.9. The van der Waals surface area contributed by atoms with E-state index >= 15 is 0 Å². The van der Waals surface area contributed by atoms with Crippen molar-refractivity contribution in [1.82, 2.24) is 5.16 Å². The van der Waals surface area contributed by atoms with Crippen molar-refractivity contribution in [2.75, 3.05) is 6.61 Å². The summed E-state index contributed by atoms with van der Waals surface area (Å²) in [4.78, 5) is 11.0. The second-order valence-corrected chi connectivity index (χ2v) is 4.90. The van der Waals surface area contributed by atoms with Gasteiger partial charge >= 0.3 is 5.97 Å². The number of hydrogen-bond acceptors (Lipinski definition) is 4. The number of carboxylic acid groups (broad SMARTS) is 1. The van der Waals surface area contributed by atoms with Crippen LogP contribution in [-0.2, 0) is 6.42 Å². The van der Waals surface area contributed by atoms with Crippen molar-refractivity contribution in [2.45, 2.75) is 32.6 Å². The highest BCUT2D eigenvalue weighted by molar-refractivity contribution is 5.90. The molecule has 1 aromatic heterocycles. The van der Waals surface area contributed by atoms with Crippen molar-refractivity contribution in [3.05, 3.63) is 47.3 Å². The molecule has 0 amide bonds. The zero-order valence-corrected chi connectivity index (χ0v) is 12.0. The van der Waals surface area contributed by atoms with E-state index in [1.807, 2.05) is 13.0 Å². The van der Waals surface area contributed by atoms with E-state index in [1.54, 1.807) is 24.3 Å². The monoisotopic (exact) mass is 289 g/mol. The molecule has 0 radical (unpaired) electrons. The first-order valence-corrected chi connectivity index (χ1v) is 7.04. The molecule has 0 saturated heterocycles. The van der Waals surface area contributed by atoms with E-state index in [9.17, 15) is 4.79 Å². The van der Waals surface area contributed by atoms with Gasteiger partial charge in [0.1, 0.15) is 17.1 Å². The van der Waals surface area contributed by atoms with Gasteiger partial charge in [-0.3, -0.25) is 0 Å². The van der Waals surface area contributed by atoms with Gasteiger partial charge < -0.3 is 14.4 Å². The lowest BCUT2D eigenvalue weighted by atomic mass is 10.1. The molecule has 2 rings (SSSR count). The van der Waals surface area contributed by atoms with Gasteiger partial charge in [0.25, 0.3) is 0 Å². The Balaban J connectivity index is 1.67. The molecule has 0 atom stereocenters. The van der Waals surface area contributed by atoms with Gasteiger partial charge in [0.05, 0.1) is 12.3 Å². The Morgan fingerprint density at radius 3 is 2.81 bits per heavy atom. The maximum Gasteiger partial charge on any atom is 0.339 e. The Labute approximate surface area is 123 Å². The zero-order chi connectivity index (χ0) is 15.1. The summed E-state index contributed by atoms with van der Waals surface area (Å²) in [6.45, 7) is 2.42. The van der Waals surface area contributed by atoms with Gasteiger partial charge in [-0.1, -0.05) is 17.3 Å². The number of ether oxygens (including phenoxy) is 1. The minimum atomic E-state index is -0.966. The third-order valence-corrected chi connectivity index (χ3v) is 3.12. The molecule has 0 aliphatic rings. The molecule has 0 aliphatic carbocycles. The van der Waals surface area contributed by atoms with Gasteiger partial charge in [-0.25, -0.2) is 4.79 Å². The lowest BCUT2D eigenvalue weighted by molar-refractivity contribution is 0.0692. The number of unbranched alkanes of at least 4 members (excludes halogenated alkanes) is 2. The number of nitrogens with zero attached hydrogens (tertiary/aromatic N) is 1. The highest BCUT2D eigenvalue weighted by Crippen LogP contribution is 2.18. The Hall–Kier alpha value is -2.30. The number of benzene rings is 1. The first-order valence-electron chi connectivity index (χ1n) is 7.04. The van der Waals surface area contributed by atoms with Gasteiger partial charge in [-0.15, -0.1) is 0 Å².